The molecule has 10 heteroatoms. The number of benzene rings is 2. The lowest BCUT2D eigenvalue weighted by Crippen LogP contribution is -2.59. The van der Waals surface area contributed by atoms with Gasteiger partial charge in [-0.1, -0.05) is 74.9 Å². The molecule has 8 atom stereocenters. The third-order valence-electron chi connectivity index (χ3n) is 9.87. The molecule has 238 valence electrons. The van der Waals surface area contributed by atoms with Crippen molar-refractivity contribution in [2.75, 3.05) is 24.6 Å². The van der Waals surface area contributed by atoms with Crippen LogP contribution in [0.5, 0.6) is 0 Å². The highest BCUT2D eigenvalue weighted by Crippen LogP contribution is 2.56. The minimum absolute atomic E-state index is 0.133. The number of fused-ring (bicyclic) bond motifs is 3. The van der Waals surface area contributed by atoms with Crippen molar-refractivity contribution in [3.63, 3.8) is 0 Å². The predicted octanol–water partition coefficient (Wildman–Crippen LogP) is 3.13. The van der Waals surface area contributed by atoms with Crippen molar-refractivity contribution in [3.8, 4) is 0 Å². The zero-order chi connectivity index (χ0) is 31.9. The third-order valence-corrected chi connectivity index (χ3v) is 9.87. The van der Waals surface area contributed by atoms with E-state index in [0.717, 1.165) is 10.8 Å². The summed E-state index contributed by atoms with van der Waals surface area (Å²) in [7, 11) is 0. The van der Waals surface area contributed by atoms with Crippen molar-refractivity contribution < 1.29 is 33.8 Å². The number of aliphatic hydroxyl groups excluding tert-OH is 1. The molecule has 10 nitrogen and oxygen atoms in total. The van der Waals surface area contributed by atoms with Crippen LogP contribution in [0.1, 0.15) is 40.0 Å². The SMILES string of the molecule is CC[C@H](C)[C@H](CO)N1C(=O)[C@H]2[C@@H]3C(=O)O[C@H](C)CNC(=O)CC/C=C\CN(c4ccc5ccccc5c4)C(=O)[C@H]1[C@@]21C=C[C@@H]3O1. The molecule has 2 aromatic carbocycles. The van der Waals surface area contributed by atoms with Gasteiger partial charge in [0.1, 0.15) is 23.7 Å². The number of cyclic esters (lactones) is 1. The van der Waals surface area contributed by atoms with Crippen molar-refractivity contribution >= 4 is 40.2 Å². The van der Waals surface area contributed by atoms with Crippen LogP contribution in [0.15, 0.2) is 66.8 Å². The molecule has 2 N–H and O–H groups in total. The van der Waals surface area contributed by atoms with Crippen molar-refractivity contribution in [2.24, 2.45) is 17.8 Å². The number of rotatable bonds is 5. The first-order valence-electron chi connectivity index (χ1n) is 15.9. The quantitative estimate of drug-likeness (QED) is 0.391. The second-order valence-electron chi connectivity index (χ2n) is 12.6. The Balaban J connectivity index is 1.49. The molecule has 3 amide bonds. The number of aliphatic hydroxyl groups is 1. The van der Waals surface area contributed by atoms with Gasteiger partial charge in [-0.3, -0.25) is 19.2 Å². The van der Waals surface area contributed by atoms with Crippen LogP contribution in [-0.4, -0.2) is 83.3 Å². The molecule has 5 bridgehead atoms. The fourth-order valence-electron chi connectivity index (χ4n) is 7.32. The van der Waals surface area contributed by atoms with Crippen LogP contribution in [0.25, 0.3) is 10.8 Å². The Labute approximate surface area is 263 Å². The molecule has 0 aliphatic carbocycles. The van der Waals surface area contributed by atoms with E-state index in [0.29, 0.717) is 18.5 Å². The van der Waals surface area contributed by atoms with E-state index in [4.69, 9.17) is 9.47 Å². The molecule has 4 aliphatic rings. The molecule has 2 fully saturated rings. The average molecular weight is 616 g/mol. The van der Waals surface area contributed by atoms with Gasteiger partial charge >= 0.3 is 5.97 Å². The molecule has 2 saturated heterocycles. The number of carbonyl (C=O) groups excluding carboxylic acids is 4. The van der Waals surface area contributed by atoms with Gasteiger partial charge in [-0.25, -0.2) is 0 Å². The summed E-state index contributed by atoms with van der Waals surface area (Å²) in [5.41, 5.74) is -0.773. The number of nitrogens with zero attached hydrogens (tertiary/aromatic N) is 2. The number of allylic oxidation sites excluding steroid dienone is 1. The summed E-state index contributed by atoms with van der Waals surface area (Å²) in [6, 6.07) is 11.8. The van der Waals surface area contributed by atoms with Gasteiger partial charge < -0.3 is 29.7 Å². The lowest BCUT2D eigenvalue weighted by atomic mass is 9.74. The van der Waals surface area contributed by atoms with Crippen LogP contribution < -0.4 is 10.2 Å². The average Bonchev–Trinajstić information content (AvgIpc) is 3.68. The van der Waals surface area contributed by atoms with Gasteiger partial charge in [0.25, 0.3) is 5.91 Å². The fraction of sp³-hybridized carbons (Fsp3) is 0.486. The van der Waals surface area contributed by atoms with E-state index in [-0.39, 0.29) is 43.8 Å². The molecular formula is C35H41N3O7. The minimum atomic E-state index is -1.41. The number of hydrogen-bond acceptors (Lipinski definition) is 7. The van der Waals surface area contributed by atoms with Crippen LogP contribution in [0.2, 0.25) is 0 Å². The number of anilines is 1. The van der Waals surface area contributed by atoms with Crippen LogP contribution in [0.3, 0.4) is 0 Å². The number of hydrogen-bond donors (Lipinski definition) is 2. The molecule has 2 aromatic rings. The van der Waals surface area contributed by atoms with Gasteiger partial charge in [0.2, 0.25) is 11.8 Å². The lowest BCUT2D eigenvalue weighted by molar-refractivity contribution is -0.159. The molecular weight excluding hydrogens is 574 g/mol. The molecule has 6 rings (SSSR count). The molecule has 0 aromatic heterocycles. The molecule has 0 saturated carbocycles. The number of carbonyl (C=O) groups is 4. The first-order chi connectivity index (χ1) is 21.7. The number of amides is 3. The Hall–Kier alpha value is -4.02. The normalized spacial score (nSPS) is 32.4. The van der Waals surface area contributed by atoms with Gasteiger partial charge in [0.05, 0.1) is 31.2 Å². The number of ether oxygens (including phenoxy) is 2. The summed E-state index contributed by atoms with van der Waals surface area (Å²) < 4.78 is 12.3. The number of likely N-dealkylation sites (tertiary alicyclic amines) is 1. The highest BCUT2D eigenvalue weighted by molar-refractivity contribution is 6.06. The molecule has 0 radical (unpaired) electrons. The second-order valence-corrected chi connectivity index (χ2v) is 12.6. The molecule has 0 unspecified atom stereocenters. The highest BCUT2D eigenvalue weighted by atomic mass is 16.6. The first kappa shape index (κ1) is 31.0. The summed E-state index contributed by atoms with van der Waals surface area (Å²) in [6.45, 7) is 5.58. The Morgan fingerprint density at radius 2 is 1.84 bits per heavy atom. The van der Waals surface area contributed by atoms with Crippen molar-refractivity contribution in [1.82, 2.24) is 10.2 Å². The summed E-state index contributed by atoms with van der Waals surface area (Å²) in [5.74, 6) is -3.67. The maximum atomic E-state index is 15.1. The van der Waals surface area contributed by atoms with Crippen molar-refractivity contribution in [1.29, 1.82) is 0 Å². The van der Waals surface area contributed by atoms with Crippen LogP contribution in [0.4, 0.5) is 5.69 Å². The summed E-state index contributed by atoms with van der Waals surface area (Å²) >= 11 is 0. The van der Waals surface area contributed by atoms with Gasteiger partial charge in [0, 0.05) is 18.7 Å². The Morgan fingerprint density at radius 1 is 1.07 bits per heavy atom. The zero-order valence-corrected chi connectivity index (χ0v) is 25.9. The summed E-state index contributed by atoms with van der Waals surface area (Å²) in [6.07, 6.45) is 7.22. The van der Waals surface area contributed by atoms with Crippen LogP contribution in [0, 0.1) is 17.8 Å². The topological polar surface area (TPSA) is 125 Å². The van der Waals surface area contributed by atoms with Crippen LogP contribution in [-0.2, 0) is 28.7 Å². The smallest absolute Gasteiger partial charge is 0.313 e. The first-order valence-corrected chi connectivity index (χ1v) is 15.9. The Kier molecular flexibility index (Phi) is 8.54. The van der Waals surface area contributed by atoms with E-state index in [1.54, 1.807) is 24.0 Å². The molecule has 1 spiro atoms. The van der Waals surface area contributed by atoms with Crippen LogP contribution >= 0.6 is 0 Å². The second kappa shape index (κ2) is 12.4. The lowest BCUT2D eigenvalue weighted by Gasteiger charge is -2.40. The molecule has 45 heavy (non-hydrogen) atoms. The third kappa shape index (κ3) is 5.33. The largest absolute Gasteiger partial charge is 0.460 e. The maximum absolute atomic E-state index is 15.1. The maximum Gasteiger partial charge on any atom is 0.313 e. The van der Waals surface area contributed by atoms with Crippen molar-refractivity contribution in [3.05, 3.63) is 66.8 Å². The summed E-state index contributed by atoms with van der Waals surface area (Å²) in [5, 5.41) is 15.4. The number of nitrogens with one attached hydrogen (secondary N) is 1. The number of esters is 1. The van der Waals surface area contributed by atoms with E-state index < -0.39 is 53.6 Å². The van der Waals surface area contributed by atoms with Gasteiger partial charge in [0.15, 0.2) is 0 Å². The Bertz CT molecular complexity index is 1550. The van der Waals surface area contributed by atoms with E-state index in [1.165, 1.54) is 4.90 Å². The highest BCUT2D eigenvalue weighted by Gasteiger charge is 2.74. The van der Waals surface area contributed by atoms with Crippen molar-refractivity contribution in [2.45, 2.75) is 69.9 Å². The Morgan fingerprint density at radius 3 is 2.60 bits per heavy atom. The van der Waals surface area contributed by atoms with E-state index in [2.05, 4.69) is 5.32 Å². The van der Waals surface area contributed by atoms with E-state index in [9.17, 15) is 19.5 Å². The minimum Gasteiger partial charge on any atom is -0.460 e. The zero-order valence-electron chi connectivity index (χ0n) is 25.9. The summed E-state index contributed by atoms with van der Waals surface area (Å²) in [4.78, 5) is 58.9. The predicted molar refractivity (Wildman–Crippen MR) is 168 cm³/mol. The molecule has 4 aliphatic heterocycles. The van der Waals surface area contributed by atoms with Gasteiger partial charge in [-0.05, 0) is 42.2 Å². The van der Waals surface area contributed by atoms with Gasteiger partial charge in [-0.15, -0.1) is 0 Å². The fourth-order valence-corrected chi connectivity index (χ4v) is 7.32. The monoisotopic (exact) mass is 615 g/mol. The molecule has 4 heterocycles. The van der Waals surface area contributed by atoms with Gasteiger partial charge in [-0.2, -0.15) is 0 Å². The van der Waals surface area contributed by atoms with E-state index in [1.807, 2.05) is 68.5 Å². The van der Waals surface area contributed by atoms with E-state index >= 15 is 4.79 Å². The standard InChI is InChI=1S/C35H41N3O7/c1-4-21(2)26(20-39)38-31-33(42)37(25-14-13-23-10-7-8-11-24(23)18-25)17-9-5-6-12-28(40)36-19-22(3)44-34(43)29-27-15-16-35(31,45-27)30(29)32(38)41/h5,7-11,13-16,18,21-22,26-27,29-31,39H,4,6,12,17,19-20H2,1-3H3,(H,36,40)/b9-5-/t21-,22+,26-,27-,29+,30+,31-,35+/m0/s1.